The Kier molecular flexibility index (Phi) is 8.14. The molecule has 1 aromatic carbocycles. The molecule has 0 saturated carbocycles. The number of nitrogens with one attached hydrogen (secondary N) is 1. The van der Waals surface area contributed by atoms with Gasteiger partial charge in [0.25, 0.3) is 5.91 Å². The molecule has 8 nitrogen and oxygen atoms in total. The van der Waals surface area contributed by atoms with Crippen LogP contribution in [0.2, 0.25) is 0 Å². The van der Waals surface area contributed by atoms with E-state index in [2.05, 4.69) is 4.72 Å². The normalized spacial score (nSPS) is 20.5. The van der Waals surface area contributed by atoms with E-state index in [-0.39, 0.29) is 47.2 Å². The maximum Gasteiger partial charge on any atom is 0.307 e. The number of piperidine rings is 1. The van der Waals surface area contributed by atoms with E-state index in [0.29, 0.717) is 0 Å². The average molecular weight is 439 g/mol. The summed E-state index contributed by atoms with van der Waals surface area (Å²) in [7, 11) is -3.87. The van der Waals surface area contributed by atoms with Crippen molar-refractivity contribution in [2.24, 2.45) is 0 Å². The molecule has 0 aliphatic carbocycles. The van der Waals surface area contributed by atoms with E-state index in [1.807, 2.05) is 13.8 Å². The van der Waals surface area contributed by atoms with Crippen LogP contribution in [-0.4, -0.2) is 55.7 Å². The molecule has 1 amide bonds. The molecular weight excluding hydrogens is 408 g/mol. The highest BCUT2D eigenvalue weighted by Gasteiger charge is 2.33. The van der Waals surface area contributed by atoms with Gasteiger partial charge in [0.2, 0.25) is 10.0 Å². The van der Waals surface area contributed by atoms with Gasteiger partial charge < -0.3 is 9.64 Å². The highest BCUT2D eigenvalue weighted by atomic mass is 32.2. The Morgan fingerprint density at radius 3 is 2.43 bits per heavy atom. The molecule has 0 spiro atoms. The number of likely N-dealkylation sites (tertiary alicyclic amines) is 1. The van der Waals surface area contributed by atoms with Gasteiger partial charge in [-0.1, -0.05) is 12.1 Å². The molecule has 0 unspecified atom stereocenters. The number of esters is 1. The Morgan fingerprint density at radius 2 is 1.83 bits per heavy atom. The molecule has 1 fully saturated rings. The summed E-state index contributed by atoms with van der Waals surface area (Å²) in [4.78, 5) is 37.9. The Balaban J connectivity index is 1.87. The van der Waals surface area contributed by atoms with Crippen LogP contribution in [0.3, 0.4) is 0 Å². The van der Waals surface area contributed by atoms with Crippen LogP contribution in [0.1, 0.15) is 63.7 Å². The summed E-state index contributed by atoms with van der Waals surface area (Å²) in [6.45, 7) is 6.67. The zero-order chi connectivity index (χ0) is 22.5. The van der Waals surface area contributed by atoms with Crippen molar-refractivity contribution < 1.29 is 27.5 Å². The molecule has 1 N–H and O–H groups in total. The Bertz CT molecular complexity index is 889. The zero-order valence-electron chi connectivity index (χ0n) is 17.9. The monoisotopic (exact) mass is 438 g/mol. The van der Waals surface area contributed by atoms with E-state index in [9.17, 15) is 22.8 Å². The molecule has 1 saturated heterocycles. The molecule has 1 aliphatic rings. The number of nitrogens with zero attached hydrogens (tertiary/aromatic N) is 1. The molecular formula is C21H30N2O6S. The summed E-state index contributed by atoms with van der Waals surface area (Å²) in [6.07, 6.45) is 1.76. The minimum absolute atomic E-state index is 0.0554. The zero-order valence-corrected chi connectivity index (χ0v) is 18.7. The van der Waals surface area contributed by atoms with E-state index in [0.717, 1.165) is 19.3 Å². The molecule has 0 radical (unpaired) electrons. The van der Waals surface area contributed by atoms with Crippen LogP contribution in [0.5, 0.6) is 0 Å². The van der Waals surface area contributed by atoms with Crippen molar-refractivity contribution in [1.29, 1.82) is 0 Å². The molecule has 2 rings (SSSR count). The fourth-order valence-corrected chi connectivity index (χ4v) is 4.70. The van der Waals surface area contributed by atoms with Crippen LogP contribution in [0, 0.1) is 0 Å². The van der Waals surface area contributed by atoms with Crippen molar-refractivity contribution in [2.45, 2.75) is 76.5 Å². The van der Waals surface area contributed by atoms with Crippen LogP contribution < -0.4 is 4.72 Å². The van der Waals surface area contributed by atoms with Crippen LogP contribution in [0.25, 0.3) is 0 Å². The van der Waals surface area contributed by atoms with Gasteiger partial charge in [0.05, 0.1) is 11.3 Å². The number of ether oxygens (including phenoxy) is 1. The number of benzene rings is 1. The van der Waals surface area contributed by atoms with Crippen LogP contribution in [0.4, 0.5) is 0 Å². The van der Waals surface area contributed by atoms with Gasteiger partial charge in [0.15, 0.2) is 11.9 Å². The van der Waals surface area contributed by atoms with Crippen molar-refractivity contribution in [2.75, 3.05) is 6.54 Å². The Hall–Kier alpha value is -2.26. The minimum atomic E-state index is -3.87. The average Bonchev–Trinajstić information content (AvgIpc) is 2.67. The molecule has 1 aliphatic heterocycles. The molecule has 9 heteroatoms. The number of ketones is 1. The van der Waals surface area contributed by atoms with Crippen molar-refractivity contribution in [1.82, 2.24) is 9.62 Å². The summed E-state index contributed by atoms with van der Waals surface area (Å²) < 4.78 is 32.3. The summed E-state index contributed by atoms with van der Waals surface area (Å²) in [6, 6.07) is 5.86. The lowest BCUT2D eigenvalue weighted by Gasteiger charge is -2.40. The van der Waals surface area contributed by atoms with Gasteiger partial charge >= 0.3 is 5.97 Å². The van der Waals surface area contributed by atoms with Gasteiger partial charge in [-0.25, -0.2) is 13.1 Å². The van der Waals surface area contributed by atoms with Gasteiger partial charge in [-0.3, -0.25) is 14.4 Å². The highest BCUT2D eigenvalue weighted by molar-refractivity contribution is 7.89. The number of Topliss-reactive ketones (excluding diaryl/α,β-unsaturated/α-hetero) is 1. The lowest BCUT2D eigenvalue weighted by molar-refractivity contribution is -0.162. The van der Waals surface area contributed by atoms with E-state index in [1.165, 1.54) is 38.1 Å². The molecule has 166 valence electrons. The van der Waals surface area contributed by atoms with E-state index in [1.54, 1.807) is 4.90 Å². The van der Waals surface area contributed by atoms with Crippen molar-refractivity contribution in [3.63, 3.8) is 0 Å². The third kappa shape index (κ3) is 6.12. The number of rotatable bonds is 8. The summed E-state index contributed by atoms with van der Waals surface area (Å²) >= 11 is 0. The van der Waals surface area contributed by atoms with E-state index < -0.39 is 22.1 Å². The number of hydrogen-bond acceptors (Lipinski definition) is 6. The van der Waals surface area contributed by atoms with Crippen molar-refractivity contribution in [3.8, 4) is 0 Å². The van der Waals surface area contributed by atoms with Crippen LogP contribution in [-0.2, 0) is 24.3 Å². The molecule has 1 heterocycles. The van der Waals surface area contributed by atoms with E-state index in [4.69, 9.17) is 4.74 Å². The summed E-state index contributed by atoms with van der Waals surface area (Å²) in [5.41, 5.74) is 0.283. The second-order valence-electron chi connectivity index (χ2n) is 7.74. The second-order valence-corrected chi connectivity index (χ2v) is 9.51. The van der Waals surface area contributed by atoms with Crippen LogP contribution in [0.15, 0.2) is 29.2 Å². The predicted molar refractivity (Wildman–Crippen MR) is 111 cm³/mol. The number of sulfonamides is 1. The highest BCUT2D eigenvalue weighted by Crippen LogP contribution is 2.23. The molecule has 1 aromatic rings. The predicted octanol–water partition coefficient (Wildman–Crippen LogP) is 2.28. The first kappa shape index (κ1) is 24.0. The third-order valence-electron chi connectivity index (χ3n) is 5.28. The lowest BCUT2D eigenvalue weighted by Crippen LogP contribution is -2.51. The lowest BCUT2D eigenvalue weighted by atomic mass is 9.97. The fraction of sp³-hybridized carbons (Fsp3) is 0.571. The third-order valence-corrected chi connectivity index (χ3v) is 6.73. The molecule has 3 atom stereocenters. The number of amides is 1. The quantitative estimate of drug-likeness (QED) is 0.493. The standard InChI is InChI=1S/C21H30N2O6S/c1-14-7-5-8-15(2)23(14)21(26)17(4)29-20(25)11-12-22-30(27,28)19-10-6-9-18(13-19)16(3)24/h6,9-10,13-15,17,22H,5,7-8,11-12H2,1-4H3/t14-,15-,17+/m0/s1. The van der Waals surface area contributed by atoms with Gasteiger partial charge in [-0.2, -0.15) is 0 Å². The Morgan fingerprint density at radius 1 is 1.20 bits per heavy atom. The van der Waals surface area contributed by atoms with Crippen LogP contribution >= 0.6 is 0 Å². The second kappa shape index (κ2) is 10.2. The summed E-state index contributed by atoms with van der Waals surface area (Å²) in [5.74, 6) is -1.13. The summed E-state index contributed by atoms with van der Waals surface area (Å²) in [5, 5.41) is 0. The van der Waals surface area contributed by atoms with Gasteiger partial charge in [0.1, 0.15) is 0 Å². The smallest absolute Gasteiger partial charge is 0.307 e. The first-order chi connectivity index (χ1) is 14.0. The Labute approximate surface area is 178 Å². The number of hydrogen-bond donors (Lipinski definition) is 1. The van der Waals surface area contributed by atoms with E-state index >= 15 is 0 Å². The topological polar surface area (TPSA) is 110 Å². The van der Waals surface area contributed by atoms with Gasteiger partial charge in [-0.15, -0.1) is 0 Å². The maximum atomic E-state index is 12.7. The first-order valence-electron chi connectivity index (χ1n) is 10.1. The SMILES string of the molecule is CC(=O)c1cccc(S(=O)(=O)NCCC(=O)O[C@H](C)C(=O)N2[C@@H](C)CCC[C@@H]2C)c1. The molecule has 0 bridgehead atoms. The van der Waals surface area contributed by atoms with Gasteiger partial charge in [-0.05, 0) is 59.1 Å². The largest absolute Gasteiger partial charge is 0.452 e. The number of carbonyl (C=O) groups excluding carboxylic acids is 3. The minimum Gasteiger partial charge on any atom is -0.452 e. The fourth-order valence-electron chi connectivity index (χ4n) is 3.63. The van der Waals surface area contributed by atoms with Crippen molar-refractivity contribution in [3.05, 3.63) is 29.8 Å². The molecule has 30 heavy (non-hydrogen) atoms. The first-order valence-corrected chi connectivity index (χ1v) is 11.6. The maximum absolute atomic E-state index is 12.7. The number of carbonyl (C=O) groups is 3. The van der Waals surface area contributed by atoms with Crippen molar-refractivity contribution >= 4 is 27.7 Å². The molecule has 0 aromatic heterocycles. The van der Waals surface area contributed by atoms with Gasteiger partial charge in [0, 0.05) is 24.2 Å².